The molecule has 27 heavy (non-hydrogen) atoms. The lowest BCUT2D eigenvalue weighted by Crippen LogP contribution is -2.27. The zero-order valence-corrected chi connectivity index (χ0v) is 18.5. The highest BCUT2D eigenvalue weighted by Gasteiger charge is 2.01. The van der Waals surface area contributed by atoms with Gasteiger partial charge in [-0.25, -0.2) is 0 Å². The smallest absolute Gasteiger partial charge is 0.119 e. The minimum atomic E-state index is 0. The molecule has 0 saturated heterocycles. The summed E-state index contributed by atoms with van der Waals surface area (Å²) in [6.45, 7) is 10.3. The molecule has 0 aliphatic rings. The van der Waals surface area contributed by atoms with E-state index >= 15 is 0 Å². The highest BCUT2D eigenvalue weighted by Crippen LogP contribution is 2.19. The van der Waals surface area contributed by atoms with E-state index in [4.69, 9.17) is 16.3 Å². The van der Waals surface area contributed by atoms with Crippen LogP contribution < -0.4 is 10.1 Å². The van der Waals surface area contributed by atoms with E-state index in [1.54, 1.807) is 0 Å². The van der Waals surface area contributed by atoms with Gasteiger partial charge in [0, 0.05) is 17.1 Å². The molecule has 2 aromatic rings. The number of halogens is 3. The molecule has 6 heteroatoms. The molecule has 0 aliphatic heterocycles. The summed E-state index contributed by atoms with van der Waals surface area (Å²) < 4.78 is 5.81. The van der Waals surface area contributed by atoms with E-state index in [9.17, 15) is 0 Å². The largest absolute Gasteiger partial charge is 0.489 e. The van der Waals surface area contributed by atoms with Crippen LogP contribution in [-0.2, 0) is 13.2 Å². The van der Waals surface area contributed by atoms with Crippen molar-refractivity contribution in [3.63, 3.8) is 0 Å². The van der Waals surface area contributed by atoms with Crippen molar-refractivity contribution in [3.05, 3.63) is 64.7 Å². The molecule has 1 N–H and O–H groups in total. The summed E-state index contributed by atoms with van der Waals surface area (Å²) in [5, 5.41) is 4.25. The first kappa shape index (κ1) is 26.0. The number of hydrogen-bond donors (Lipinski definition) is 1. The Morgan fingerprint density at radius 3 is 2.26 bits per heavy atom. The van der Waals surface area contributed by atoms with Crippen LogP contribution in [0.1, 0.15) is 31.4 Å². The van der Waals surface area contributed by atoms with Gasteiger partial charge in [0.1, 0.15) is 12.4 Å². The number of nitrogens with zero attached hydrogens (tertiary/aromatic N) is 1. The fraction of sp³-hybridized carbons (Fsp3) is 0.429. The Labute approximate surface area is 181 Å². The second-order valence-electron chi connectivity index (χ2n) is 6.08. The third-order valence-corrected chi connectivity index (χ3v) is 4.70. The molecule has 0 bridgehead atoms. The lowest BCUT2D eigenvalue weighted by molar-refractivity contribution is 0.298. The molecule has 0 spiro atoms. The Kier molecular flexibility index (Phi) is 14.5. The molecular weight excluding hydrogens is 403 g/mol. The van der Waals surface area contributed by atoms with Crippen LogP contribution in [0, 0.1) is 0 Å². The van der Waals surface area contributed by atoms with E-state index in [0.717, 1.165) is 49.1 Å². The van der Waals surface area contributed by atoms with E-state index in [1.807, 2.05) is 36.4 Å². The van der Waals surface area contributed by atoms with Crippen molar-refractivity contribution in [1.82, 2.24) is 10.2 Å². The average molecular weight is 434 g/mol. The monoisotopic (exact) mass is 432 g/mol. The minimum Gasteiger partial charge on any atom is -0.489 e. The van der Waals surface area contributed by atoms with Crippen LogP contribution in [0.25, 0.3) is 0 Å². The van der Waals surface area contributed by atoms with Gasteiger partial charge in [0.2, 0.25) is 0 Å². The van der Waals surface area contributed by atoms with Gasteiger partial charge in [-0.2, -0.15) is 0 Å². The number of rotatable bonds is 11. The second-order valence-corrected chi connectivity index (χ2v) is 6.49. The normalized spacial score (nSPS) is 10.2. The molecule has 0 fully saturated rings. The van der Waals surface area contributed by atoms with Crippen molar-refractivity contribution in [1.29, 1.82) is 0 Å². The summed E-state index contributed by atoms with van der Waals surface area (Å²) in [4.78, 5) is 2.45. The predicted molar refractivity (Wildman–Crippen MR) is 121 cm³/mol. The summed E-state index contributed by atoms with van der Waals surface area (Å²) in [6.07, 6.45) is 1.18. The van der Waals surface area contributed by atoms with Gasteiger partial charge in [-0.05, 0) is 56.4 Å². The highest BCUT2D eigenvalue weighted by atomic mass is 35.5. The molecule has 3 nitrogen and oxygen atoms in total. The van der Waals surface area contributed by atoms with Crippen LogP contribution in [0.2, 0.25) is 5.02 Å². The van der Waals surface area contributed by atoms with Crippen LogP contribution in [0.4, 0.5) is 0 Å². The first-order chi connectivity index (χ1) is 12.2. The predicted octanol–water partition coefficient (Wildman–Crippen LogP) is 5.58. The Hall–Kier alpha value is -0.970. The summed E-state index contributed by atoms with van der Waals surface area (Å²) in [5.41, 5.74) is 2.27. The Bertz CT molecular complexity index is 619. The molecule has 0 heterocycles. The molecule has 0 atom stereocenters. The van der Waals surface area contributed by atoms with Crippen molar-refractivity contribution in [2.24, 2.45) is 0 Å². The summed E-state index contributed by atoms with van der Waals surface area (Å²) >= 11 is 6.15. The third-order valence-electron chi connectivity index (χ3n) is 4.33. The number of nitrogens with one attached hydrogen (secondary N) is 1. The topological polar surface area (TPSA) is 24.5 Å². The van der Waals surface area contributed by atoms with E-state index in [-0.39, 0.29) is 24.8 Å². The SMILES string of the molecule is CCN(CC)CCCNCc1ccc(OCc2ccccc2Cl)cc1.Cl.Cl. The molecule has 0 amide bonds. The number of ether oxygens (including phenoxy) is 1. The van der Waals surface area contributed by atoms with Gasteiger partial charge in [0.25, 0.3) is 0 Å². The summed E-state index contributed by atoms with van der Waals surface area (Å²) in [7, 11) is 0. The lowest BCUT2D eigenvalue weighted by Gasteiger charge is -2.17. The maximum Gasteiger partial charge on any atom is 0.119 e. The molecule has 152 valence electrons. The van der Waals surface area contributed by atoms with Crippen molar-refractivity contribution in [2.75, 3.05) is 26.2 Å². The average Bonchev–Trinajstić information content (AvgIpc) is 2.65. The van der Waals surface area contributed by atoms with E-state index in [1.165, 1.54) is 12.0 Å². The Morgan fingerprint density at radius 2 is 1.63 bits per heavy atom. The Balaban J connectivity index is 0.00000338. The Morgan fingerprint density at radius 1 is 0.963 bits per heavy atom. The fourth-order valence-corrected chi connectivity index (χ4v) is 2.87. The first-order valence-corrected chi connectivity index (χ1v) is 9.49. The fourth-order valence-electron chi connectivity index (χ4n) is 2.68. The molecule has 0 aromatic heterocycles. The zero-order chi connectivity index (χ0) is 17.9. The quantitative estimate of drug-likeness (QED) is 0.468. The van der Waals surface area contributed by atoms with E-state index < -0.39 is 0 Å². The molecule has 0 aliphatic carbocycles. The van der Waals surface area contributed by atoms with Crippen LogP contribution in [0.3, 0.4) is 0 Å². The molecule has 0 unspecified atom stereocenters. The molecule has 2 rings (SSSR count). The van der Waals surface area contributed by atoms with Gasteiger partial charge in [0.05, 0.1) is 0 Å². The van der Waals surface area contributed by atoms with Gasteiger partial charge in [-0.3, -0.25) is 0 Å². The third kappa shape index (κ3) is 9.68. The minimum absolute atomic E-state index is 0. The zero-order valence-electron chi connectivity index (χ0n) is 16.1. The molecule has 0 saturated carbocycles. The highest BCUT2D eigenvalue weighted by molar-refractivity contribution is 6.31. The van der Waals surface area contributed by atoms with Gasteiger partial charge in [0.15, 0.2) is 0 Å². The second kappa shape index (κ2) is 15.0. The van der Waals surface area contributed by atoms with Gasteiger partial charge >= 0.3 is 0 Å². The maximum atomic E-state index is 6.15. The molecule has 0 radical (unpaired) electrons. The van der Waals surface area contributed by atoms with Crippen molar-refractivity contribution in [2.45, 2.75) is 33.4 Å². The van der Waals surface area contributed by atoms with Crippen molar-refractivity contribution in [3.8, 4) is 5.75 Å². The van der Waals surface area contributed by atoms with E-state index in [0.29, 0.717) is 6.61 Å². The van der Waals surface area contributed by atoms with E-state index in [2.05, 4.69) is 36.2 Å². The van der Waals surface area contributed by atoms with Crippen LogP contribution in [0.15, 0.2) is 48.5 Å². The molecule has 2 aromatic carbocycles. The first-order valence-electron chi connectivity index (χ1n) is 9.11. The summed E-state index contributed by atoms with van der Waals surface area (Å²) in [6, 6.07) is 16.0. The van der Waals surface area contributed by atoms with Gasteiger partial charge in [-0.1, -0.05) is 55.8 Å². The van der Waals surface area contributed by atoms with Crippen molar-refractivity contribution >= 4 is 36.4 Å². The van der Waals surface area contributed by atoms with Gasteiger partial charge in [-0.15, -0.1) is 24.8 Å². The maximum absolute atomic E-state index is 6.15. The van der Waals surface area contributed by atoms with Crippen LogP contribution in [0.5, 0.6) is 5.75 Å². The van der Waals surface area contributed by atoms with Crippen LogP contribution >= 0.6 is 36.4 Å². The standard InChI is InChI=1S/C21H29ClN2O.2ClH/c1-3-24(4-2)15-7-14-23-16-18-10-12-20(13-11-18)25-17-19-8-5-6-9-21(19)22;;/h5-6,8-13,23H,3-4,7,14-17H2,1-2H3;2*1H. The number of hydrogen-bond acceptors (Lipinski definition) is 3. The number of benzene rings is 2. The van der Waals surface area contributed by atoms with Crippen molar-refractivity contribution < 1.29 is 4.74 Å². The lowest BCUT2D eigenvalue weighted by atomic mass is 10.2. The summed E-state index contributed by atoms with van der Waals surface area (Å²) in [5.74, 6) is 0.866. The van der Waals surface area contributed by atoms with Crippen LogP contribution in [-0.4, -0.2) is 31.1 Å². The van der Waals surface area contributed by atoms with Gasteiger partial charge < -0.3 is 15.0 Å². The molecular formula is C21H31Cl3N2O.